The van der Waals surface area contributed by atoms with Gasteiger partial charge in [-0.2, -0.15) is 5.10 Å². The van der Waals surface area contributed by atoms with Crippen molar-refractivity contribution in [2.24, 2.45) is 7.05 Å². The summed E-state index contributed by atoms with van der Waals surface area (Å²) < 4.78 is 6.79. The lowest BCUT2D eigenvalue weighted by molar-refractivity contribution is 0.0201. The van der Waals surface area contributed by atoms with Gasteiger partial charge in [0.25, 0.3) is 0 Å². The van der Waals surface area contributed by atoms with E-state index in [0.717, 1.165) is 0 Å². The molecule has 0 aliphatic rings. The fourth-order valence-electron chi connectivity index (χ4n) is 1.46. The minimum absolute atomic E-state index is 0.142. The topological polar surface area (TPSA) is 67.6 Å². The summed E-state index contributed by atoms with van der Waals surface area (Å²) in [7, 11) is 1.72. The highest BCUT2D eigenvalue weighted by atomic mass is 35.5. The van der Waals surface area contributed by atoms with Crippen molar-refractivity contribution in [3.63, 3.8) is 0 Å². The number of hydrogen-bond acceptors (Lipinski definition) is 4. The maximum atomic E-state index is 12.0. The third-order valence-electron chi connectivity index (χ3n) is 2.32. The Morgan fingerprint density at radius 2 is 2.21 bits per heavy atom. The van der Waals surface area contributed by atoms with Gasteiger partial charge in [-0.25, -0.2) is 4.79 Å². The number of hydrogen-bond donors (Lipinski definition) is 1. The van der Waals surface area contributed by atoms with E-state index in [-0.39, 0.29) is 19.7 Å². The van der Waals surface area contributed by atoms with E-state index >= 15 is 0 Å². The average molecular weight is 290 g/mol. The van der Waals surface area contributed by atoms with Gasteiger partial charge in [0.15, 0.2) is 0 Å². The zero-order valence-corrected chi connectivity index (χ0v) is 12.4. The Morgan fingerprint density at radius 1 is 1.58 bits per heavy atom. The number of aryl methyl sites for hydroxylation is 1. The number of carbonyl (C=O) groups excluding carboxylic acids is 1. The summed E-state index contributed by atoms with van der Waals surface area (Å²) >= 11 is 6.05. The van der Waals surface area contributed by atoms with Crippen LogP contribution < -0.4 is 0 Å². The van der Waals surface area contributed by atoms with E-state index in [2.05, 4.69) is 5.10 Å². The van der Waals surface area contributed by atoms with Crippen LogP contribution in [0.1, 0.15) is 26.3 Å². The fourth-order valence-corrected chi connectivity index (χ4v) is 1.61. The van der Waals surface area contributed by atoms with E-state index in [1.807, 2.05) is 0 Å². The smallest absolute Gasteiger partial charge is 0.410 e. The largest absolute Gasteiger partial charge is 0.444 e. The highest BCUT2D eigenvalue weighted by molar-refractivity contribution is 6.30. The Labute approximate surface area is 117 Å². The SMILES string of the molecule is Cn1ncc(CN(CCO)C(=O)OC(C)(C)C)c1Cl. The van der Waals surface area contributed by atoms with Crippen molar-refractivity contribution in [3.05, 3.63) is 16.9 Å². The highest BCUT2D eigenvalue weighted by Gasteiger charge is 2.23. The Hall–Kier alpha value is -1.27. The standard InChI is InChI=1S/C12H20ClN3O3/c1-12(2,3)19-11(18)16(5-6-17)8-9-7-14-15(4)10(9)13/h7,17H,5-6,8H2,1-4H3. The molecule has 0 saturated carbocycles. The van der Waals surface area contributed by atoms with Crippen LogP contribution in [0.5, 0.6) is 0 Å². The van der Waals surface area contributed by atoms with Crippen molar-refractivity contribution in [1.29, 1.82) is 0 Å². The number of nitrogens with zero attached hydrogens (tertiary/aromatic N) is 3. The predicted molar refractivity (Wildman–Crippen MR) is 71.9 cm³/mol. The molecule has 0 saturated heterocycles. The second kappa shape index (κ2) is 6.25. The van der Waals surface area contributed by atoms with Crippen molar-refractivity contribution in [3.8, 4) is 0 Å². The van der Waals surface area contributed by atoms with Gasteiger partial charge < -0.3 is 14.7 Å². The van der Waals surface area contributed by atoms with Gasteiger partial charge in [-0.1, -0.05) is 11.6 Å². The van der Waals surface area contributed by atoms with Gasteiger partial charge in [0.05, 0.1) is 19.3 Å². The molecule has 0 spiro atoms. The van der Waals surface area contributed by atoms with Crippen LogP contribution in [0.15, 0.2) is 6.20 Å². The van der Waals surface area contributed by atoms with E-state index < -0.39 is 11.7 Å². The normalized spacial score (nSPS) is 11.5. The molecule has 1 heterocycles. The number of aliphatic hydroxyl groups is 1. The summed E-state index contributed by atoms with van der Waals surface area (Å²) in [5, 5.41) is 13.5. The van der Waals surface area contributed by atoms with E-state index in [0.29, 0.717) is 10.7 Å². The Balaban J connectivity index is 2.78. The molecule has 0 unspecified atom stereocenters. The number of aliphatic hydroxyl groups excluding tert-OH is 1. The lowest BCUT2D eigenvalue weighted by Gasteiger charge is -2.26. The van der Waals surface area contributed by atoms with Crippen molar-refractivity contribution < 1.29 is 14.6 Å². The Bertz CT molecular complexity index is 440. The van der Waals surface area contributed by atoms with Crippen LogP contribution in [0.2, 0.25) is 5.15 Å². The lowest BCUT2D eigenvalue weighted by atomic mass is 10.2. The Kier molecular flexibility index (Phi) is 5.20. The first-order chi connectivity index (χ1) is 8.74. The minimum Gasteiger partial charge on any atom is -0.444 e. The maximum Gasteiger partial charge on any atom is 0.410 e. The molecule has 1 N–H and O–H groups in total. The zero-order valence-electron chi connectivity index (χ0n) is 11.7. The van der Waals surface area contributed by atoms with Gasteiger partial charge in [-0.05, 0) is 20.8 Å². The highest BCUT2D eigenvalue weighted by Crippen LogP contribution is 2.18. The summed E-state index contributed by atoms with van der Waals surface area (Å²) in [6.07, 6.45) is 1.11. The van der Waals surface area contributed by atoms with Crippen LogP contribution in [0, 0.1) is 0 Å². The third kappa shape index (κ3) is 4.72. The monoisotopic (exact) mass is 289 g/mol. The zero-order chi connectivity index (χ0) is 14.6. The molecule has 0 aromatic carbocycles. The van der Waals surface area contributed by atoms with Crippen LogP contribution in [0.4, 0.5) is 4.79 Å². The summed E-state index contributed by atoms with van der Waals surface area (Å²) in [4.78, 5) is 13.4. The molecule has 108 valence electrons. The summed E-state index contributed by atoms with van der Waals surface area (Å²) in [5.41, 5.74) is 0.132. The number of ether oxygens (including phenoxy) is 1. The fraction of sp³-hybridized carbons (Fsp3) is 0.667. The van der Waals surface area contributed by atoms with Crippen LogP contribution in [-0.2, 0) is 18.3 Å². The molecule has 1 amide bonds. The molecule has 6 nitrogen and oxygen atoms in total. The molecule has 7 heteroatoms. The second-order valence-corrected chi connectivity index (χ2v) is 5.57. The molecule has 0 atom stereocenters. The first kappa shape index (κ1) is 15.8. The summed E-state index contributed by atoms with van der Waals surface area (Å²) in [6, 6.07) is 0. The van der Waals surface area contributed by atoms with Gasteiger partial charge in [-0.15, -0.1) is 0 Å². The molecular formula is C12H20ClN3O3. The molecule has 0 aliphatic carbocycles. The predicted octanol–water partition coefficient (Wildman–Crippen LogP) is 1.80. The van der Waals surface area contributed by atoms with Gasteiger partial charge >= 0.3 is 6.09 Å². The molecule has 1 rings (SSSR count). The van der Waals surface area contributed by atoms with Crippen molar-refractivity contribution in [2.75, 3.05) is 13.2 Å². The van der Waals surface area contributed by atoms with Crippen LogP contribution in [-0.4, -0.2) is 44.6 Å². The number of halogens is 1. The van der Waals surface area contributed by atoms with Gasteiger partial charge in [0.1, 0.15) is 10.8 Å². The molecule has 0 aliphatic heterocycles. The van der Waals surface area contributed by atoms with Crippen LogP contribution >= 0.6 is 11.6 Å². The van der Waals surface area contributed by atoms with Crippen molar-refractivity contribution >= 4 is 17.7 Å². The molecule has 0 fully saturated rings. The Morgan fingerprint density at radius 3 is 2.63 bits per heavy atom. The third-order valence-corrected chi connectivity index (χ3v) is 2.81. The molecule has 0 radical (unpaired) electrons. The summed E-state index contributed by atoms with van der Waals surface area (Å²) in [5.74, 6) is 0. The molecule has 19 heavy (non-hydrogen) atoms. The molecule has 1 aromatic heterocycles. The van der Waals surface area contributed by atoms with Gasteiger partial charge in [0, 0.05) is 19.2 Å². The van der Waals surface area contributed by atoms with Crippen LogP contribution in [0.3, 0.4) is 0 Å². The number of amides is 1. The lowest BCUT2D eigenvalue weighted by Crippen LogP contribution is -2.38. The van der Waals surface area contributed by atoms with Crippen LogP contribution in [0.25, 0.3) is 0 Å². The van der Waals surface area contributed by atoms with E-state index in [9.17, 15) is 4.79 Å². The van der Waals surface area contributed by atoms with Crippen molar-refractivity contribution in [2.45, 2.75) is 32.9 Å². The second-order valence-electron chi connectivity index (χ2n) is 5.21. The first-order valence-electron chi connectivity index (χ1n) is 5.99. The number of aromatic nitrogens is 2. The average Bonchev–Trinajstić information content (AvgIpc) is 2.58. The molecular weight excluding hydrogens is 270 g/mol. The summed E-state index contributed by atoms with van der Waals surface area (Å²) in [6.45, 7) is 5.66. The first-order valence-corrected chi connectivity index (χ1v) is 6.37. The molecule has 0 bridgehead atoms. The van der Waals surface area contributed by atoms with E-state index in [1.54, 1.807) is 34.0 Å². The quantitative estimate of drug-likeness (QED) is 0.918. The minimum atomic E-state index is -0.580. The van der Waals surface area contributed by atoms with Crippen molar-refractivity contribution in [1.82, 2.24) is 14.7 Å². The number of carbonyl (C=O) groups is 1. The number of rotatable bonds is 4. The van der Waals surface area contributed by atoms with Gasteiger partial charge in [0.2, 0.25) is 0 Å². The maximum absolute atomic E-state index is 12.0. The van der Waals surface area contributed by atoms with E-state index in [1.165, 1.54) is 9.58 Å². The molecule has 1 aromatic rings. The van der Waals surface area contributed by atoms with Gasteiger partial charge in [-0.3, -0.25) is 4.68 Å². The van der Waals surface area contributed by atoms with E-state index in [4.69, 9.17) is 21.4 Å².